The van der Waals surface area contributed by atoms with Crippen molar-refractivity contribution in [3.8, 4) is 11.3 Å². The molecule has 1 aliphatic rings. The highest BCUT2D eigenvalue weighted by molar-refractivity contribution is 6.26. The highest BCUT2D eigenvalue weighted by Crippen LogP contribution is 2.51. The van der Waals surface area contributed by atoms with Gasteiger partial charge < -0.3 is 9.32 Å². The molecule has 0 fully saturated rings. The number of anilines is 2. The number of hydrogen-bond acceptors (Lipinski definition) is 2. The molecule has 2 aromatic heterocycles. The predicted octanol–water partition coefficient (Wildman–Crippen LogP) is 6.77. The summed E-state index contributed by atoms with van der Waals surface area (Å²) in [6.45, 7) is 2.25. The number of nitrogens with zero attached hydrogens (tertiary/aromatic N) is 2. The lowest BCUT2D eigenvalue weighted by Crippen LogP contribution is -2.33. The Hall–Kier alpha value is -3.85. The second-order valence-electron chi connectivity index (χ2n) is 8.61. The summed E-state index contributed by atoms with van der Waals surface area (Å²) in [6.07, 6.45) is 2.19. The third-order valence-electron chi connectivity index (χ3n) is 6.99. The molecule has 3 heterocycles. The topological polar surface area (TPSA) is 20.3 Å². The van der Waals surface area contributed by atoms with Crippen molar-refractivity contribution >= 4 is 54.9 Å². The molecule has 0 aliphatic carbocycles. The van der Waals surface area contributed by atoms with Crippen molar-refractivity contribution < 1.29 is 8.98 Å². The smallest absolute Gasteiger partial charge is 0.224 e. The lowest BCUT2D eigenvalue weighted by Gasteiger charge is -2.30. The van der Waals surface area contributed by atoms with Crippen molar-refractivity contribution in [2.45, 2.75) is 6.92 Å². The van der Waals surface area contributed by atoms with Crippen LogP contribution in [0.4, 0.5) is 11.4 Å². The molecule has 7 rings (SSSR count). The molecule has 0 amide bonds. The molecule has 3 heteroatoms. The number of pyridine rings is 1. The number of para-hydroxylation sites is 1. The first-order valence-corrected chi connectivity index (χ1v) is 10.7. The van der Waals surface area contributed by atoms with Crippen molar-refractivity contribution in [2.24, 2.45) is 7.05 Å². The van der Waals surface area contributed by atoms with E-state index in [1.165, 1.54) is 60.5 Å². The molecular weight excluding hydrogens is 380 g/mol. The predicted molar refractivity (Wildman–Crippen MR) is 128 cm³/mol. The van der Waals surface area contributed by atoms with Crippen LogP contribution in [-0.4, -0.2) is 7.05 Å². The highest BCUT2D eigenvalue weighted by Gasteiger charge is 2.32. The van der Waals surface area contributed by atoms with Gasteiger partial charge in [-0.25, -0.2) is 4.57 Å². The van der Waals surface area contributed by atoms with E-state index in [4.69, 9.17) is 4.42 Å². The Morgan fingerprint density at radius 2 is 1.55 bits per heavy atom. The summed E-state index contributed by atoms with van der Waals surface area (Å²) in [4.78, 5) is 2.33. The maximum Gasteiger partial charge on any atom is 0.224 e. The third-order valence-corrected chi connectivity index (χ3v) is 6.99. The van der Waals surface area contributed by atoms with E-state index >= 15 is 0 Å². The van der Waals surface area contributed by atoms with Crippen LogP contribution in [0.25, 0.3) is 54.7 Å². The van der Waals surface area contributed by atoms with Crippen molar-refractivity contribution in [3.63, 3.8) is 0 Å². The average molecular weight is 401 g/mol. The molecule has 0 bridgehead atoms. The largest absolute Gasteiger partial charge is 0.456 e. The van der Waals surface area contributed by atoms with Gasteiger partial charge in [-0.1, -0.05) is 42.5 Å². The third kappa shape index (κ3) is 2.01. The number of hydrogen-bond donors (Lipinski definition) is 0. The first-order valence-electron chi connectivity index (χ1n) is 10.7. The van der Waals surface area contributed by atoms with Crippen LogP contribution in [-0.2, 0) is 7.05 Å². The molecule has 0 atom stereocenters. The summed E-state index contributed by atoms with van der Waals surface area (Å²) in [6, 6.07) is 23.8. The molecule has 148 valence electrons. The summed E-state index contributed by atoms with van der Waals surface area (Å²) in [5.74, 6) is 0. The second-order valence-corrected chi connectivity index (χ2v) is 8.61. The van der Waals surface area contributed by atoms with Crippen LogP contribution in [0.2, 0.25) is 0 Å². The van der Waals surface area contributed by atoms with E-state index < -0.39 is 0 Å². The van der Waals surface area contributed by atoms with Gasteiger partial charge >= 0.3 is 0 Å². The van der Waals surface area contributed by atoms with Gasteiger partial charge in [0.25, 0.3) is 0 Å². The highest BCUT2D eigenvalue weighted by atomic mass is 16.3. The second kappa shape index (κ2) is 5.64. The number of fused-ring (bicyclic) bond motifs is 7. The number of rotatable bonds is 0. The quantitative estimate of drug-likeness (QED) is 0.262. The van der Waals surface area contributed by atoms with Gasteiger partial charge in [-0.2, -0.15) is 0 Å². The van der Waals surface area contributed by atoms with E-state index in [0.717, 1.165) is 11.2 Å². The van der Waals surface area contributed by atoms with Crippen LogP contribution >= 0.6 is 0 Å². The number of benzene rings is 4. The van der Waals surface area contributed by atoms with Crippen LogP contribution in [0.3, 0.4) is 0 Å². The summed E-state index contributed by atoms with van der Waals surface area (Å²) < 4.78 is 8.57. The van der Waals surface area contributed by atoms with Gasteiger partial charge in [-0.05, 0) is 35.4 Å². The molecule has 0 N–H and O–H groups in total. The zero-order chi connectivity index (χ0) is 20.9. The summed E-state index contributed by atoms with van der Waals surface area (Å²) in [5.41, 5.74) is 8.22. The molecular formula is C28H21N2O+. The van der Waals surface area contributed by atoms with E-state index in [1.54, 1.807) is 0 Å². The molecule has 6 aromatic rings. The zero-order valence-corrected chi connectivity index (χ0v) is 17.7. The number of aryl methyl sites for hydroxylation is 2. The van der Waals surface area contributed by atoms with Gasteiger partial charge in [0.05, 0.1) is 22.3 Å². The standard InChI is InChI=1S/C28H21N2O/c1-16-18-9-5-4-8-17(18)14-21-25(16)28-27-20(12-13-29(28)2)26-19-10-6-7-11-23(19)31-24(26)15-22(27)30(21)3/h4-15H,1-3H3/q+1. The Balaban J connectivity index is 1.75. The Morgan fingerprint density at radius 1 is 0.774 bits per heavy atom. The van der Waals surface area contributed by atoms with Gasteiger partial charge in [0.15, 0.2) is 6.20 Å². The zero-order valence-electron chi connectivity index (χ0n) is 17.7. The van der Waals surface area contributed by atoms with Crippen molar-refractivity contribution in [2.75, 3.05) is 11.9 Å². The maximum atomic E-state index is 6.29. The monoisotopic (exact) mass is 401 g/mol. The first kappa shape index (κ1) is 16.9. The van der Waals surface area contributed by atoms with Gasteiger partial charge in [0.2, 0.25) is 5.69 Å². The fourth-order valence-corrected chi connectivity index (χ4v) is 5.53. The van der Waals surface area contributed by atoms with Crippen molar-refractivity contribution in [1.82, 2.24) is 0 Å². The van der Waals surface area contributed by atoms with Gasteiger partial charge in [-0.15, -0.1) is 0 Å². The van der Waals surface area contributed by atoms with Crippen molar-refractivity contribution in [3.05, 3.63) is 78.5 Å². The number of aromatic nitrogens is 1. The van der Waals surface area contributed by atoms with E-state index in [1.807, 2.05) is 6.07 Å². The maximum absolute atomic E-state index is 6.29. The van der Waals surface area contributed by atoms with Crippen LogP contribution in [0.1, 0.15) is 5.56 Å². The van der Waals surface area contributed by atoms with E-state index in [9.17, 15) is 0 Å². The van der Waals surface area contributed by atoms with Gasteiger partial charge in [-0.3, -0.25) is 0 Å². The van der Waals surface area contributed by atoms with E-state index in [2.05, 4.69) is 97.3 Å². The average Bonchev–Trinajstić information content (AvgIpc) is 3.16. The SMILES string of the molecule is Cc1c2c(cc3ccccc13)N(C)c1cc3oc4ccccc4c3c3cc[n+](C)c-2c13. The Kier molecular flexibility index (Phi) is 3.07. The Morgan fingerprint density at radius 3 is 2.42 bits per heavy atom. The van der Waals surface area contributed by atoms with E-state index in [0.29, 0.717) is 0 Å². The van der Waals surface area contributed by atoms with Crippen LogP contribution < -0.4 is 9.47 Å². The molecule has 0 spiro atoms. The molecule has 0 saturated heterocycles. The fourth-order valence-electron chi connectivity index (χ4n) is 5.53. The molecule has 0 saturated carbocycles. The molecule has 1 aliphatic heterocycles. The van der Waals surface area contributed by atoms with Crippen LogP contribution in [0.15, 0.2) is 77.3 Å². The van der Waals surface area contributed by atoms with Gasteiger partial charge in [0, 0.05) is 35.3 Å². The van der Waals surface area contributed by atoms with Crippen molar-refractivity contribution in [1.29, 1.82) is 0 Å². The molecule has 0 unspecified atom stereocenters. The normalized spacial score (nSPS) is 12.9. The molecule has 3 nitrogen and oxygen atoms in total. The molecule has 0 radical (unpaired) electrons. The number of furan rings is 1. The van der Waals surface area contributed by atoms with E-state index in [-0.39, 0.29) is 0 Å². The van der Waals surface area contributed by atoms with Gasteiger partial charge in [0.1, 0.15) is 18.2 Å². The summed E-state index contributed by atoms with van der Waals surface area (Å²) >= 11 is 0. The van der Waals surface area contributed by atoms with Crippen LogP contribution in [0, 0.1) is 6.92 Å². The minimum atomic E-state index is 0.937. The minimum Gasteiger partial charge on any atom is -0.456 e. The lowest BCUT2D eigenvalue weighted by atomic mass is 9.88. The lowest BCUT2D eigenvalue weighted by molar-refractivity contribution is -0.659. The summed E-state index contributed by atoms with van der Waals surface area (Å²) in [5, 5.41) is 7.49. The Bertz CT molecular complexity index is 1720. The minimum absolute atomic E-state index is 0.937. The summed E-state index contributed by atoms with van der Waals surface area (Å²) in [7, 11) is 4.33. The Labute approximate surface area is 179 Å². The fraction of sp³-hybridized carbons (Fsp3) is 0.107. The molecule has 4 aromatic carbocycles. The van der Waals surface area contributed by atoms with Crippen LogP contribution in [0.5, 0.6) is 0 Å². The molecule has 31 heavy (non-hydrogen) atoms. The first-order chi connectivity index (χ1) is 15.1.